The maximum absolute atomic E-state index is 10.8. The van der Waals surface area contributed by atoms with Gasteiger partial charge < -0.3 is 10.0 Å². The van der Waals surface area contributed by atoms with Gasteiger partial charge in [-0.05, 0) is 30.5 Å². The third kappa shape index (κ3) is 1.87. The number of carbonyl (C=O) groups is 1. The topological polar surface area (TPSA) is 66.3 Å². The first-order chi connectivity index (χ1) is 7.08. The fraction of sp³-hybridized carbons (Fsp3) is 0.444. The summed E-state index contributed by atoms with van der Waals surface area (Å²) in [6, 6.07) is 0. The highest BCUT2D eigenvalue weighted by Gasteiger charge is 2.23. The predicted molar refractivity (Wildman–Crippen MR) is 53.9 cm³/mol. The van der Waals surface area contributed by atoms with Crippen LogP contribution in [0.1, 0.15) is 17.0 Å². The van der Waals surface area contributed by atoms with Crippen LogP contribution in [0.25, 0.3) is 0 Å². The van der Waals surface area contributed by atoms with Crippen molar-refractivity contribution in [1.82, 2.24) is 14.9 Å². The van der Waals surface area contributed by atoms with Gasteiger partial charge in [-0.1, -0.05) is 0 Å². The highest BCUT2D eigenvalue weighted by molar-refractivity contribution is 6.28. The molecule has 1 aliphatic heterocycles. The third-order valence-corrected chi connectivity index (χ3v) is 2.68. The molecule has 1 aromatic rings. The number of carboxylic acid groups (broad SMARTS) is 1. The average molecular weight is 228 g/mol. The lowest BCUT2D eigenvalue weighted by Gasteiger charge is -2.26. The van der Waals surface area contributed by atoms with Crippen LogP contribution < -0.4 is 0 Å². The Kier molecular flexibility index (Phi) is 2.48. The molecular weight excluding hydrogens is 218 g/mol. The van der Waals surface area contributed by atoms with Crippen LogP contribution >= 0.6 is 11.6 Å². The molecule has 0 radical (unpaired) electrons. The summed E-state index contributed by atoms with van der Waals surface area (Å²) in [5.41, 5.74) is 2.59. The van der Waals surface area contributed by atoms with E-state index in [1.165, 1.54) is 4.90 Å². The van der Waals surface area contributed by atoms with Crippen molar-refractivity contribution in [2.24, 2.45) is 0 Å². The van der Waals surface area contributed by atoms with Crippen molar-refractivity contribution >= 4 is 17.7 Å². The van der Waals surface area contributed by atoms with Crippen LogP contribution in [0, 0.1) is 6.92 Å². The standard InChI is InChI=1S/C9H10ClN3O2/c1-5-6-2-3-13(9(14)15)4-7(6)12-8(10)11-5/h2-4H2,1H3,(H,14,15). The van der Waals surface area contributed by atoms with Gasteiger partial charge in [0.2, 0.25) is 5.28 Å². The second-order valence-electron chi connectivity index (χ2n) is 3.46. The fourth-order valence-electron chi connectivity index (χ4n) is 1.74. The number of nitrogens with zero attached hydrogens (tertiary/aromatic N) is 3. The van der Waals surface area contributed by atoms with Crippen LogP contribution in [-0.2, 0) is 13.0 Å². The van der Waals surface area contributed by atoms with E-state index in [1.54, 1.807) is 0 Å². The Morgan fingerprint density at radius 1 is 1.53 bits per heavy atom. The molecule has 0 aromatic carbocycles. The van der Waals surface area contributed by atoms with Gasteiger partial charge in [-0.15, -0.1) is 0 Å². The lowest BCUT2D eigenvalue weighted by molar-refractivity contribution is 0.139. The number of rotatable bonds is 0. The van der Waals surface area contributed by atoms with E-state index in [9.17, 15) is 4.79 Å². The second kappa shape index (κ2) is 3.66. The van der Waals surface area contributed by atoms with E-state index in [-0.39, 0.29) is 5.28 Å². The molecule has 1 aliphatic rings. The van der Waals surface area contributed by atoms with Gasteiger partial charge in [0, 0.05) is 12.2 Å². The summed E-state index contributed by atoms with van der Waals surface area (Å²) in [6.45, 7) is 2.66. The molecule has 2 rings (SSSR count). The Labute approximate surface area is 91.7 Å². The predicted octanol–water partition coefficient (Wildman–Crippen LogP) is 1.47. The summed E-state index contributed by atoms with van der Waals surface area (Å²) >= 11 is 5.72. The van der Waals surface area contributed by atoms with Gasteiger partial charge in [-0.2, -0.15) is 0 Å². The molecule has 5 nitrogen and oxygen atoms in total. The molecule has 15 heavy (non-hydrogen) atoms. The van der Waals surface area contributed by atoms with E-state index >= 15 is 0 Å². The summed E-state index contributed by atoms with van der Waals surface area (Å²) in [4.78, 5) is 20.2. The van der Waals surface area contributed by atoms with Crippen LogP contribution in [0.15, 0.2) is 0 Å². The largest absolute Gasteiger partial charge is 0.465 e. The number of aromatic nitrogens is 2. The van der Waals surface area contributed by atoms with E-state index in [4.69, 9.17) is 16.7 Å². The minimum atomic E-state index is -0.923. The molecule has 0 spiro atoms. The van der Waals surface area contributed by atoms with Crippen LogP contribution in [0.5, 0.6) is 0 Å². The molecule has 1 aromatic heterocycles. The fourth-order valence-corrected chi connectivity index (χ4v) is 1.97. The number of hydrogen-bond acceptors (Lipinski definition) is 3. The van der Waals surface area contributed by atoms with Crippen molar-refractivity contribution in [1.29, 1.82) is 0 Å². The lowest BCUT2D eigenvalue weighted by Crippen LogP contribution is -2.35. The number of hydrogen-bond donors (Lipinski definition) is 1. The first-order valence-corrected chi connectivity index (χ1v) is 4.95. The van der Waals surface area contributed by atoms with Crippen molar-refractivity contribution in [2.45, 2.75) is 19.9 Å². The van der Waals surface area contributed by atoms with E-state index < -0.39 is 6.09 Å². The minimum Gasteiger partial charge on any atom is -0.465 e. The minimum absolute atomic E-state index is 0.179. The zero-order valence-electron chi connectivity index (χ0n) is 8.20. The zero-order valence-corrected chi connectivity index (χ0v) is 8.95. The smallest absolute Gasteiger partial charge is 0.407 e. The molecule has 0 saturated carbocycles. The van der Waals surface area contributed by atoms with E-state index in [1.807, 2.05) is 6.92 Å². The molecule has 0 bridgehead atoms. The number of halogens is 1. The lowest BCUT2D eigenvalue weighted by atomic mass is 10.0. The van der Waals surface area contributed by atoms with Crippen LogP contribution in [0.3, 0.4) is 0 Å². The molecule has 1 N–H and O–H groups in total. The third-order valence-electron chi connectivity index (χ3n) is 2.52. The van der Waals surface area contributed by atoms with Crippen LogP contribution in [0.2, 0.25) is 5.28 Å². The Morgan fingerprint density at radius 3 is 2.93 bits per heavy atom. The van der Waals surface area contributed by atoms with Crippen LogP contribution in [-0.4, -0.2) is 32.6 Å². The van der Waals surface area contributed by atoms with Crippen LogP contribution in [0.4, 0.5) is 4.79 Å². The van der Waals surface area contributed by atoms with Crippen molar-refractivity contribution in [3.8, 4) is 0 Å². The Hall–Kier alpha value is -1.36. The van der Waals surface area contributed by atoms with Gasteiger partial charge in [0.05, 0.1) is 12.2 Å². The first kappa shape index (κ1) is 10.2. The summed E-state index contributed by atoms with van der Waals surface area (Å²) in [6.07, 6.45) is -0.266. The Balaban J connectivity index is 2.37. The average Bonchev–Trinajstić information content (AvgIpc) is 2.16. The highest BCUT2D eigenvalue weighted by Crippen LogP contribution is 2.20. The molecule has 80 valence electrons. The SMILES string of the molecule is Cc1nc(Cl)nc2c1CCN(C(=O)O)C2. The number of amides is 1. The second-order valence-corrected chi connectivity index (χ2v) is 3.80. The highest BCUT2D eigenvalue weighted by atomic mass is 35.5. The normalized spacial score (nSPS) is 14.9. The maximum atomic E-state index is 10.8. The van der Waals surface area contributed by atoms with Crippen molar-refractivity contribution in [3.63, 3.8) is 0 Å². The van der Waals surface area contributed by atoms with Gasteiger partial charge in [0.25, 0.3) is 0 Å². The Morgan fingerprint density at radius 2 is 2.27 bits per heavy atom. The van der Waals surface area contributed by atoms with E-state index in [0.29, 0.717) is 19.5 Å². The molecular formula is C9H10ClN3O2. The van der Waals surface area contributed by atoms with Crippen molar-refractivity contribution in [3.05, 3.63) is 22.2 Å². The molecule has 6 heteroatoms. The van der Waals surface area contributed by atoms with Gasteiger partial charge in [0.15, 0.2) is 0 Å². The number of fused-ring (bicyclic) bond motifs is 1. The van der Waals surface area contributed by atoms with Gasteiger partial charge >= 0.3 is 6.09 Å². The summed E-state index contributed by atoms with van der Waals surface area (Å²) in [5, 5.41) is 9.03. The molecule has 0 unspecified atom stereocenters. The molecule has 0 saturated heterocycles. The van der Waals surface area contributed by atoms with E-state index in [0.717, 1.165) is 17.0 Å². The molecule has 0 atom stereocenters. The monoisotopic (exact) mass is 227 g/mol. The summed E-state index contributed by atoms with van der Waals surface area (Å²) in [5.74, 6) is 0. The van der Waals surface area contributed by atoms with Gasteiger partial charge in [-0.3, -0.25) is 0 Å². The van der Waals surface area contributed by atoms with E-state index in [2.05, 4.69) is 9.97 Å². The zero-order chi connectivity index (χ0) is 11.0. The number of aryl methyl sites for hydroxylation is 1. The Bertz CT molecular complexity index is 422. The summed E-state index contributed by atoms with van der Waals surface area (Å²) in [7, 11) is 0. The van der Waals surface area contributed by atoms with Gasteiger partial charge in [-0.25, -0.2) is 14.8 Å². The maximum Gasteiger partial charge on any atom is 0.407 e. The quantitative estimate of drug-likeness (QED) is 0.682. The molecule has 1 amide bonds. The molecule has 0 aliphatic carbocycles. The van der Waals surface area contributed by atoms with Crippen molar-refractivity contribution in [2.75, 3.05) is 6.54 Å². The first-order valence-electron chi connectivity index (χ1n) is 4.57. The molecule has 0 fully saturated rings. The molecule has 2 heterocycles. The van der Waals surface area contributed by atoms with Crippen molar-refractivity contribution < 1.29 is 9.90 Å². The summed E-state index contributed by atoms with van der Waals surface area (Å²) < 4.78 is 0. The van der Waals surface area contributed by atoms with Gasteiger partial charge in [0.1, 0.15) is 0 Å².